The number of nitrogens with zero attached hydrogens (tertiary/aromatic N) is 2. The predicted octanol–water partition coefficient (Wildman–Crippen LogP) is 3.63. The van der Waals surface area contributed by atoms with E-state index in [1.54, 1.807) is 0 Å². The molecule has 1 saturated heterocycles. The van der Waals surface area contributed by atoms with Gasteiger partial charge in [-0.2, -0.15) is 0 Å². The van der Waals surface area contributed by atoms with Gasteiger partial charge in [-0.3, -0.25) is 4.99 Å². The van der Waals surface area contributed by atoms with E-state index in [2.05, 4.69) is 61.3 Å². The Bertz CT molecular complexity index is 487. The average molecular weight is 350 g/mol. The van der Waals surface area contributed by atoms with Crippen LogP contribution >= 0.6 is 11.8 Å². The number of nitrogens with one attached hydrogen (secondary N) is 1. The molecule has 4 nitrogen and oxygen atoms in total. The number of piperidine rings is 1. The van der Waals surface area contributed by atoms with Crippen LogP contribution in [0.15, 0.2) is 40.2 Å². The molecule has 1 fully saturated rings. The first-order valence-corrected chi connectivity index (χ1v) is 9.97. The summed E-state index contributed by atoms with van der Waals surface area (Å²) in [4.78, 5) is 8.56. The average Bonchev–Trinajstić information content (AvgIpc) is 2.60. The lowest BCUT2D eigenvalue weighted by Crippen LogP contribution is -2.47. The molecule has 2 rings (SSSR count). The van der Waals surface area contributed by atoms with Gasteiger partial charge in [0.25, 0.3) is 0 Å². The molecule has 5 heteroatoms. The highest BCUT2D eigenvalue weighted by atomic mass is 32.2. The van der Waals surface area contributed by atoms with Gasteiger partial charge in [0.1, 0.15) is 0 Å². The molecule has 0 aliphatic carbocycles. The Balaban J connectivity index is 1.86. The third-order valence-corrected chi connectivity index (χ3v) is 5.15. The third kappa shape index (κ3) is 6.36. The normalized spacial score (nSPS) is 17.8. The SMILES string of the molecule is CCNC(=NCC(C)Sc1ccccc1)N1CCC(OCC)CC1. The number of hydrogen-bond donors (Lipinski definition) is 1. The first-order chi connectivity index (χ1) is 11.7. The minimum absolute atomic E-state index is 0.418. The predicted molar refractivity (Wildman–Crippen MR) is 104 cm³/mol. The molecule has 1 aliphatic heterocycles. The van der Waals surface area contributed by atoms with Crippen molar-refractivity contribution in [3.05, 3.63) is 30.3 Å². The first-order valence-electron chi connectivity index (χ1n) is 9.09. The molecule has 24 heavy (non-hydrogen) atoms. The van der Waals surface area contributed by atoms with Crippen LogP contribution in [0.1, 0.15) is 33.6 Å². The van der Waals surface area contributed by atoms with E-state index in [1.165, 1.54) is 4.90 Å². The molecule has 1 atom stereocenters. The molecule has 0 bridgehead atoms. The van der Waals surface area contributed by atoms with Crippen LogP contribution in [-0.2, 0) is 4.74 Å². The van der Waals surface area contributed by atoms with Gasteiger partial charge in [-0.05, 0) is 38.8 Å². The number of thioether (sulfide) groups is 1. The Hall–Kier alpha value is -1.20. The molecule has 0 spiro atoms. The van der Waals surface area contributed by atoms with Gasteiger partial charge < -0.3 is 15.0 Å². The molecule has 1 aromatic rings. The van der Waals surface area contributed by atoms with Crippen LogP contribution in [0.4, 0.5) is 0 Å². The summed E-state index contributed by atoms with van der Waals surface area (Å²) in [6, 6.07) is 10.6. The second-order valence-electron chi connectivity index (χ2n) is 6.08. The minimum Gasteiger partial charge on any atom is -0.378 e. The minimum atomic E-state index is 0.418. The van der Waals surface area contributed by atoms with Gasteiger partial charge >= 0.3 is 0 Å². The van der Waals surface area contributed by atoms with E-state index in [0.717, 1.165) is 51.6 Å². The monoisotopic (exact) mass is 349 g/mol. The van der Waals surface area contributed by atoms with Crippen molar-refractivity contribution >= 4 is 17.7 Å². The van der Waals surface area contributed by atoms with Crippen LogP contribution in [0.3, 0.4) is 0 Å². The Morgan fingerprint density at radius 2 is 2.00 bits per heavy atom. The number of rotatable bonds is 7. The van der Waals surface area contributed by atoms with Gasteiger partial charge in [-0.15, -0.1) is 11.8 Å². The van der Waals surface area contributed by atoms with Gasteiger partial charge in [-0.25, -0.2) is 0 Å². The lowest BCUT2D eigenvalue weighted by molar-refractivity contribution is 0.0264. The van der Waals surface area contributed by atoms with Crippen molar-refractivity contribution in [2.24, 2.45) is 4.99 Å². The van der Waals surface area contributed by atoms with E-state index in [4.69, 9.17) is 9.73 Å². The number of guanidine groups is 1. The first kappa shape index (κ1) is 19.1. The van der Waals surface area contributed by atoms with Crippen LogP contribution in [0.25, 0.3) is 0 Å². The van der Waals surface area contributed by atoms with E-state index >= 15 is 0 Å². The van der Waals surface area contributed by atoms with Crippen molar-refractivity contribution in [1.82, 2.24) is 10.2 Å². The molecule has 1 heterocycles. The highest BCUT2D eigenvalue weighted by molar-refractivity contribution is 8.00. The lowest BCUT2D eigenvalue weighted by Gasteiger charge is -2.34. The maximum atomic E-state index is 5.75. The summed E-state index contributed by atoms with van der Waals surface area (Å²) in [6.45, 7) is 11.0. The van der Waals surface area contributed by atoms with Crippen LogP contribution in [0, 0.1) is 0 Å². The number of hydrogen-bond acceptors (Lipinski definition) is 3. The van der Waals surface area contributed by atoms with E-state index in [9.17, 15) is 0 Å². The fourth-order valence-electron chi connectivity index (χ4n) is 2.88. The number of likely N-dealkylation sites (tertiary alicyclic amines) is 1. The van der Waals surface area contributed by atoms with E-state index < -0.39 is 0 Å². The molecular formula is C19H31N3OS. The molecule has 0 aromatic heterocycles. The Kier molecular flexibility index (Phi) is 8.47. The van der Waals surface area contributed by atoms with Crippen LogP contribution < -0.4 is 5.32 Å². The maximum Gasteiger partial charge on any atom is 0.193 e. The standard InChI is InChI=1S/C19H31N3OS/c1-4-20-19(22-13-11-17(12-14-22)23-5-2)21-15-16(3)24-18-9-7-6-8-10-18/h6-10,16-17H,4-5,11-15H2,1-3H3,(H,20,21). The quantitative estimate of drug-likeness (QED) is 0.463. The van der Waals surface area contributed by atoms with Gasteiger partial charge in [0.15, 0.2) is 5.96 Å². The van der Waals surface area contributed by atoms with E-state index in [-0.39, 0.29) is 0 Å². The van der Waals surface area contributed by atoms with Crippen LogP contribution in [-0.4, -0.2) is 55.0 Å². The van der Waals surface area contributed by atoms with Crippen molar-refractivity contribution < 1.29 is 4.74 Å². The van der Waals surface area contributed by atoms with Crippen LogP contribution in [0.2, 0.25) is 0 Å². The van der Waals surface area contributed by atoms with Crippen molar-refractivity contribution in [2.45, 2.75) is 49.9 Å². The topological polar surface area (TPSA) is 36.9 Å². The fraction of sp³-hybridized carbons (Fsp3) is 0.632. The van der Waals surface area contributed by atoms with Crippen molar-refractivity contribution in [2.75, 3.05) is 32.8 Å². The highest BCUT2D eigenvalue weighted by Crippen LogP contribution is 2.23. The molecule has 134 valence electrons. The molecule has 0 saturated carbocycles. The van der Waals surface area contributed by atoms with Gasteiger partial charge in [0.05, 0.1) is 12.6 Å². The molecule has 1 aliphatic rings. The van der Waals surface area contributed by atoms with Crippen molar-refractivity contribution in [3.8, 4) is 0 Å². The number of aliphatic imine (C=N–C) groups is 1. The zero-order valence-electron chi connectivity index (χ0n) is 15.2. The second-order valence-corrected chi connectivity index (χ2v) is 7.59. The smallest absolute Gasteiger partial charge is 0.193 e. The van der Waals surface area contributed by atoms with Gasteiger partial charge in [-0.1, -0.05) is 25.1 Å². The van der Waals surface area contributed by atoms with Crippen LogP contribution in [0.5, 0.6) is 0 Å². The summed E-state index contributed by atoms with van der Waals surface area (Å²) in [5.41, 5.74) is 0. The zero-order chi connectivity index (χ0) is 17.2. The fourth-order valence-corrected chi connectivity index (χ4v) is 3.81. The summed E-state index contributed by atoms with van der Waals surface area (Å²) in [7, 11) is 0. The Labute approximate surface area is 151 Å². The Morgan fingerprint density at radius 3 is 2.62 bits per heavy atom. The molecule has 0 radical (unpaired) electrons. The molecule has 0 amide bonds. The summed E-state index contributed by atoms with van der Waals surface area (Å²) in [5, 5.41) is 3.90. The summed E-state index contributed by atoms with van der Waals surface area (Å²) in [6.07, 6.45) is 2.60. The largest absolute Gasteiger partial charge is 0.378 e. The van der Waals surface area contributed by atoms with E-state index in [0.29, 0.717) is 11.4 Å². The second kappa shape index (κ2) is 10.6. The molecule has 1 unspecified atom stereocenters. The van der Waals surface area contributed by atoms with Crippen molar-refractivity contribution in [1.29, 1.82) is 0 Å². The third-order valence-electron chi connectivity index (χ3n) is 4.06. The van der Waals surface area contributed by atoms with Gasteiger partial charge in [0.2, 0.25) is 0 Å². The number of ether oxygens (including phenoxy) is 1. The summed E-state index contributed by atoms with van der Waals surface area (Å²) in [5.74, 6) is 1.05. The summed E-state index contributed by atoms with van der Waals surface area (Å²) < 4.78 is 5.75. The molecule has 1 N–H and O–H groups in total. The summed E-state index contributed by atoms with van der Waals surface area (Å²) >= 11 is 1.88. The molecular weight excluding hydrogens is 318 g/mol. The van der Waals surface area contributed by atoms with Crippen molar-refractivity contribution in [3.63, 3.8) is 0 Å². The Morgan fingerprint density at radius 1 is 1.29 bits per heavy atom. The zero-order valence-corrected chi connectivity index (χ0v) is 16.0. The molecule has 1 aromatic carbocycles. The number of benzene rings is 1. The van der Waals surface area contributed by atoms with E-state index in [1.807, 2.05) is 11.8 Å². The maximum absolute atomic E-state index is 5.75. The lowest BCUT2D eigenvalue weighted by atomic mass is 10.1. The van der Waals surface area contributed by atoms with Gasteiger partial charge in [0, 0.05) is 36.4 Å². The highest BCUT2D eigenvalue weighted by Gasteiger charge is 2.21.